The number of carbonyl (C=O) groups is 1. The number of aromatic nitrogens is 1. The van der Waals surface area contributed by atoms with Crippen LogP contribution in [-0.4, -0.2) is 31.2 Å². The van der Waals surface area contributed by atoms with Gasteiger partial charge in [-0.05, 0) is 25.1 Å². The minimum absolute atomic E-state index is 0.244. The molecule has 0 fully saturated rings. The molecular formula is C16H16N2O3. The highest BCUT2D eigenvalue weighted by Crippen LogP contribution is 2.28. The van der Waals surface area contributed by atoms with Crippen molar-refractivity contribution in [3.63, 3.8) is 0 Å². The maximum Gasteiger partial charge on any atom is 0.287 e. The minimum Gasteiger partial charge on any atom is -0.450 e. The molecule has 2 heterocycles. The van der Waals surface area contributed by atoms with E-state index >= 15 is 0 Å². The van der Waals surface area contributed by atoms with Crippen LogP contribution in [0.1, 0.15) is 16.2 Å². The van der Waals surface area contributed by atoms with E-state index in [9.17, 15) is 4.79 Å². The number of rotatable bonds is 4. The van der Waals surface area contributed by atoms with E-state index in [0.717, 1.165) is 22.0 Å². The van der Waals surface area contributed by atoms with E-state index in [1.165, 1.54) is 0 Å². The molecule has 0 spiro atoms. The zero-order valence-corrected chi connectivity index (χ0v) is 12.0. The number of aryl methyl sites for hydroxylation is 1. The first-order valence-electron chi connectivity index (χ1n) is 6.76. The number of pyridine rings is 1. The summed E-state index contributed by atoms with van der Waals surface area (Å²) in [5, 5.41) is 4.53. The van der Waals surface area contributed by atoms with Gasteiger partial charge in [0.15, 0.2) is 5.76 Å². The van der Waals surface area contributed by atoms with Crippen LogP contribution in [0, 0.1) is 6.92 Å². The maximum atomic E-state index is 12.1. The second kappa shape index (κ2) is 5.54. The number of amides is 1. The van der Waals surface area contributed by atoms with Crippen molar-refractivity contribution in [2.45, 2.75) is 6.92 Å². The molecule has 5 heteroatoms. The van der Waals surface area contributed by atoms with E-state index in [0.29, 0.717) is 24.5 Å². The third-order valence-corrected chi connectivity index (χ3v) is 3.37. The topological polar surface area (TPSA) is 64.4 Å². The first kappa shape index (κ1) is 13.6. The summed E-state index contributed by atoms with van der Waals surface area (Å²) in [6, 6.07) is 9.48. The van der Waals surface area contributed by atoms with Crippen LogP contribution in [0.4, 0.5) is 0 Å². The van der Waals surface area contributed by atoms with Crippen molar-refractivity contribution in [1.29, 1.82) is 0 Å². The van der Waals surface area contributed by atoms with Gasteiger partial charge in [0.2, 0.25) is 0 Å². The Hall–Kier alpha value is -2.40. The third kappa shape index (κ3) is 2.48. The average molecular weight is 284 g/mol. The van der Waals surface area contributed by atoms with Crippen LogP contribution >= 0.6 is 0 Å². The molecule has 0 bridgehead atoms. The lowest BCUT2D eigenvalue weighted by Gasteiger charge is -2.01. The number of fused-ring (bicyclic) bond motifs is 3. The quantitative estimate of drug-likeness (QED) is 0.748. The standard InChI is InChI=1S/C16H16N2O3/c1-10-12-9-14(16(19)17-7-8-20-2)21-15(12)11-5-3-4-6-13(11)18-10/h3-6,9H,7-8H2,1-2H3,(H,17,19). The number of para-hydroxylation sites is 1. The predicted molar refractivity (Wildman–Crippen MR) is 80.5 cm³/mol. The summed E-state index contributed by atoms with van der Waals surface area (Å²) in [7, 11) is 1.59. The van der Waals surface area contributed by atoms with E-state index < -0.39 is 0 Å². The van der Waals surface area contributed by atoms with Crippen molar-refractivity contribution >= 4 is 27.8 Å². The molecule has 0 unspecified atom stereocenters. The van der Waals surface area contributed by atoms with Gasteiger partial charge >= 0.3 is 0 Å². The Kier molecular flexibility index (Phi) is 3.58. The number of ether oxygens (including phenoxy) is 1. The van der Waals surface area contributed by atoms with Gasteiger partial charge < -0.3 is 14.5 Å². The fourth-order valence-corrected chi connectivity index (χ4v) is 2.33. The Morgan fingerprint density at radius 1 is 1.33 bits per heavy atom. The summed E-state index contributed by atoms with van der Waals surface area (Å²) >= 11 is 0. The van der Waals surface area contributed by atoms with Crippen molar-refractivity contribution < 1.29 is 13.9 Å². The predicted octanol–water partition coefficient (Wildman–Crippen LogP) is 2.67. The SMILES string of the molecule is COCCNC(=O)c1cc2c(C)nc3ccccc3c2o1. The van der Waals surface area contributed by atoms with Crippen LogP contribution in [0.3, 0.4) is 0 Å². The molecule has 0 aliphatic heterocycles. The lowest BCUT2D eigenvalue weighted by Crippen LogP contribution is -2.26. The van der Waals surface area contributed by atoms with Gasteiger partial charge in [0.05, 0.1) is 12.1 Å². The van der Waals surface area contributed by atoms with Crippen LogP contribution in [-0.2, 0) is 4.74 Å². The van der Waals surface area contributed by atoms with Crippen LogP contribution in [0.25, 0.3) is 21.9 Å². The number of furan rings is 1. The average Bonchev–Trinajstić information content (AvgIpc) is 2.94. The van der Waals surface area contributed by atoms with Crippen molar-refractivity contribution in [2.75, 3.05) is 20.3 Å². The van der Waals surface area contributed by atoms with Crippen molar-refractivity contribution in [3.05, 3.63) is 41.8 Å². The van der Waals surface area contributed by atoms with Gasteiger partial charge in [-0.1, -0.05) is 12.1 Å². The van der Waals surface area contributed by atoms with E-state index in [1.54, 1.807) is 13.2 Å². The van der Waals surface area contributed by atoms with Crippen molar-refractivity contribution in [3.8, 4) is 0 Å². The highest BCUT2D eigenvalue weighted by atomic mass is 16.5. The van der Waals surface area contributed by atoms with Crippen molar-refractivity contribution in [2.24, 2.45) is 0 Å². The van der Waals surface area contributed by atoms with Crippen LogP contribution in [0.2, 0.25) is 0 Å². The van der Waals surface area contributed by atoms with Crippen LogP contribution in [0.5, 0.6) is 0 Å². The minimum atomic E-state index is -0.244. The second-order valence-electron chi connectivity index (χ2n) is 4.82. The van der Waals surface area contributed by atoms with Gasteiger partial charge in [-0.3, -0.25) is 9.78 Å². The smallest absolute Gasteiger partial charge is 0.287 e. The molecule has 5 nitrogen and oxygen atoms in total. The first-order chi connectivity index (χ1) is 10.2. The van der Waals surface area contributed by atoms with E-state index in [-0.39, 0.29) is 5.91 Å². The van der Waals surface area contributed by atoms with Gasteiger partial charge in [0, 0.05) is 30.1 Å². The number of methoxy groups -OCH3 is 1. The zero-order chi connectivity index (χ0) is 14.8. The normalized spacial score (nSPS) is 11.1. The summed E-state index contributed by atoms with van der Waals surface area (Å²) in [4.78, 5) is 16.6. The molecule has 3 aromatic rings. The highest BCUT2D eigenvalue weighted by Gasteiger charge is 2.15. The molecule has 1 aromatic carbocycles. The number of nitrogens with zero attached hydrogens (tertiary/aromatic N) is 1. The second-order valence-corrected chi connectivity index (χ2v) is 4.82. The Labute approximate surface area is 121 Å². The first-order valence-corrected chi connectivity index (χ1v) is 6.76. The molecule has 0 saturated heterocycles. The van der Waals surface area contributed by atoms with E-state index in [4.69, 9.17) is 9.15 Å². The third-order valence-electron chi connectivity index (χ3n) is 3.37. The number of nitrogens with one attached hydrogen (secondary N) is 1. The Balaban J connectivity index is 2.05. The monoisotopic (exact) mass is 284 g/mol. The molecule has 0 atom stereocenters. The zero-order valence-electron chi connectivity index (χ0n) is 12.0. The molecule has 0 saturated carbocycles. The molecule has 21 heavy (non-hydrogen) atoms. The lowest BCUT2D eigenvalue weighted by atomic mass is 10.1. The molecule has 2 aromatic heterocycles. The van der Waals surface area contributed by atoms with Gasteiger partial charge in [0.1, 0.15) is 5.58 Å². The molecular weight excluding hydrogens is 268 g/mol. The van der Waals surface area contributed by atoms with Gasteiger partial charge in [-0.2, -0.15) is 0 Å². The number of hydrogen-bond donors (Lipinski definition) is 1. The number of hydrogen-bond acceptors (Lipinski definition) is 4. The molecule has 1 N–H and O–H groups in total. The van der Waals surface area contributed by atoms with Crippen LogP contribution in [0.15, 0.2) is 34.7 Å². The van der Waals surface area contributed by atoms with Crippen molar-refractivity contribution in [1.82, 2.24) is 10.3 Å². The molecule has 0 radical (unpaired) electrons. The molecule has 3 rings (SSSR count). The van der Waals surface area contributed by atoms with Gasteiger partial charge in [0.25, 0.3) is 5.91 Å². The van der Waals surface area contributed by atoms with Crippen LogP contribution < -0.4 is 5.32 Å². The largest absolute Gasteiger partial charge is 0.450 e. The van der Waals surface area contributed by atoms with E-state index in [2.05, 4.69) is 10.3 Å². The number of benzene rings is 1. The Morgan fingerprint density at radius 3 is 2.95 bits per heavy atom. The summed E-state index contributed by atoms with van der Waals surface area (Å²) in [6.45, 7) is 2.83. The van der Waals surface area contributed by atoms with Gasteiger partial charge in [-0.15, -0.1) is 0 Å². The summed E-state index contributed by atoms with van der Waals surface area (Å²) in [6.07, 6.45) is 0. The lowest BCUT2D eigenvalue weighted by molar-refractivity contribution is 0.0912. The number of carbonyl (C=O) groups excluding carboxylic acids is 1. The Morgan fingerprint density at radius 2 is 2.14 bits per heavy atom. The molecule has 0 aliphatic carbocycles. The Bertz CT molecular complexity index is 808. The highest BCUT2D eigenvalue weighted by molar-refractivity contribution is 6.06. The maximum absolute atomic E-state index is 12.1. The summed E-state index contributed by atoms with van der Waals surface area (Å²) in [5.74, 6) is 0.0501. The fourth-order valence-electron chi connectivity index (χ4n) is 2.33. The van der Waals surface area contributed by atoms with E-state index in [1.807, 2.05) is 31.2 Å². The molecule has 1 amide bonds. The van der Waals surface area contributed by atoms with Gasteiger partial charge in [-0.25, -0.2) is 0 Å². The summed E-state index contributed by atoms with van der Waals surface area (Å²) in [5.41, 5.74) is 2.42. The molecule has 108 valence electrons. The fraction of sp³-hybridized carbons (Fsp3) is 0.250. The summed E-state index contributed by atoms with van der Waals surface area (Å²) < 4.78 is 10.7. The molecule has 0 aliphatic rings.